The molecule has 0 bridgehead atoms. The highest BCUT2D eigenvalue weighted by Gasteiger charge is 2.13. The SMILES string of the molecule is Cc1cc(F)c(C(C)Nc2cccc(Br)c2)cc1F. The van der Waals surface area contributed by atoms with Gasteiger partial charge in [0.05, 0.1) is 6.04 Å². The maximum Gasteiger partial charge on any atom is 0.128 e. The van der Waals surface area contributed by atoms with Crippen molar-refractivity contribution >= 4 is 21.6 Å². The van der Waals surface area contributed by atoms with Crippen LogP contribution in [0.15, 0.2) is 40.9 Å². The molecule has 0 amide bonds. The Morgan fingerprint density at radius 1 is 1.11 bits per heavy atom. The Balaban J connectivity index is 2.25. The minimum Gasteiger partial charge on any atom is -0.378 e. The molecule has 0 radical (unpaired) electrons. The van der Waals surface area contributed by atoms with Crippen molar-refractivity contribution in [1.82, 2.24) is 0 Å². The summed E-state index contributed by atoms with van der Waals surface area (Å²) in [4.78, 5) is 0. The summed E-state index contributed by atoms with van der Waals surface area (Å²) in [5, 5.41) is 3.15. The predicted octanol–water partition coefficient (Wildman–Crippen LogP) is 5.21. The molecule has 2 aromatic rings. The zero-order valence-corrected chi connectivity index (χ0v) is 12.3. The van der Waals surface area contributed by atoms with Gasteiger partial charge in [0, 0.05) is 15.7 Å². The van der Waals surface area contributed by atoms with Crippen LogP contribution in [0.1, 0.15) is 24.1 Å². The second kappa shape index (κ2) is 5.70. The smallest absolute Gasteiger partial charge is 0.128 e. The van der Waals surface area contributed by atoms with Gasteiger partial charge in [0.25, 0.3) is 0 Å². The van der Waals surface area contributed by atoms with Gasteiger partial charge in [-0.2, -0.15) is 0 Å². The van der Waals surface area contributed by atoms with Gasteiger partial charge < -0.3 is 5.32 Å². The minimum absolute atomic E-state index is 0.315. The summed E-state index contributed by atoms with van der Waals surface area (Å²) >= 11 is 3.37. The first-order valence-corrected chi connectivity index (χ1v) is 6.74. The van der Waals surface area contributed by atoms with Crippen LogP contribution in [0.4, 0.5) is 14.5 Å². The molecular formula is C15H14BrF2N. The van der Waals surface area contributed by atoms with E-state index in [1.807, 2.05) is 24.3 Å². The fourth-order valence-electron chi connectivity index (χ4n) is 1.90. The highest BCUT2D eigenvalue weighted by atomic mass is 79.9. The van der Waals surface area contributed by atoms with Crippen molar-refractivity contribution < 1.29 is 8.78 Å². The van der Waals surface area contributed by atoms with Crippen LogP contribution in [0.2, 0.25) is 0 Å². The lowest BCUT2D eigenvalue weighted by atomic mass is 10.0. The number of nitrogens with one attached hydrogen (secondary N) is 1. The van der Waals surface area contributed by atoms with Crippen LogP contribution < -0.4 is 5.32 Å². The predicted molar refractivity (Wildman–Crippen MR) is 77.3 cm³/mol. The number of hydrogen-bond donors (Lipinski definition) is 1. The van der Waals surface area contributed by atoms with Gasteiger partial charge in [-0.1, -0.05) is 22.0 Å². The molecule has 0 spiro atoms. The third-order valence-corrected chi connectivity index (χ3v) is 3.45. The van der Waals surface area contributed by atoms with Crippen LogP contribution in [0.5, 0.6) is 0 Å². The monoisotopic (exact) mass is 325 g/mol. The molecule has 19 heavy (non-hydrogen) atoms. The van der Waals surface area contributed by atoms with E-state index in [1.165, 1.54) is 12.1 Å². The fraction of sp³-hybridized carbons (Fsp3) is 0.200. The van der Waals surface area contributed by atoms with E-state index in [0.717, 1.165) is 10.2 Å². The number of hydrogen-bond acceptors (Lipinski definition) is 1. The van der Waals surface area contributed by atoms with Crippen molar-refractivity contribution in [2.24, 2.45) is 0 Å². The minimum atomic E-state index is -0.395. The molecule has 1 atom stereocenters. The number of anilines is 1. The normalized spacial score (nSPS) is 12.3. The summed E-state index contributed by atoms with van der Waals surface area (Å²) in [5.74, 6) is -0.784. The van der Waals surface area contributed by atoms with E-state index in [4.69, 9.17) is 0 Å². The van der Waals surface area contributed by atoms with Gasteiger partial charge in [-0.25, -0.2) is 8.78 Å². The average Bonchev–Trinajstić information content (AvgIpc) is 2.33. The summed E-state index contributed by atoms with van der Waals surface area (Å²) in [6.07, 6.45) is 0. The molecule has 100 valence electrons. The quantitative estimate of drug-likeness (QED) is 0.816. The molecule has 0 fully saturated rings. The van der Waals surface area contributed by atoms with E-state index in [2.05, 4.69) is 21.2 Å². The van der Waals surface area contributed by atoms with Crippen LogP contribution in [-0.4, -0.2) is 0 Å². The molecule has 2 rings (SSSR count). The standard InChI is InChI=1S/C15H14BrF2N/c1-9-6-15(18)13(8-14(9)17)10(2)19-12-5-3-4-11(16)7-12/h3-8,10,19H,1-2H3. The second-order valence-corrected chi connectivity index (χ2v) is 5.41. The van der Waals surface area contributed by atoms with Crippen molar-refractivity contribution in [2.45, 2.75) is 19.9 Å². The summed E-state index contributed by atoms with van der Waals surface area (Å²) in [7, 11) is 0. The lowest BCUT2D eigenvalue weighted by Crippen LogP contribution is -2.09. The third kappa shape index (κ3) is 3.32. The highest BCUT2D eigenvalue weighted by molar-refractivity contribution is 9.10. The molecule has 0 aromatic heterocycles. The van der Waals surface area contributed by atoms with Gasteiger partial charge in [-0.15, -0.1) is 0 Å². The maximum absolute atomic E-state index is 13.8. The molecule has 1 nitrogen and oxygen atoms in total. The molecule has 0 aliphatic heterocycles. The van der Waals surface area contributed by atoms with Gasteiger partial charge in [-0.05, 0) is 49.7 Å². The van der Waals surface area contributed by atoms with Crippen LogP contribution in [0, 0.1) is 18.6 Å². The van der Waals surface area contributed by atoms with E-state index in [1.54, 1.807) is 13.8 Å². The Morgan fingerprint density at radius 3 is 2.53 bits per heavy atom. The highest BCUT2D eigenvalue weighted by Crippen LogP contribution is 2.25. The molecule has 0 heterocycles. The fourth-order valence-corrected chi connectivity index (χ4v) is 2.30. The van der Waals surface area contributed by atoms with Crippen molar-refractivity contribution in [3.8, 4) is 0 Å². The molecule has 0 aliphatic carbocycles. The molecule has 1 N–H and O–H groups in total. The largest absolute Gasteiger partial charge is 0.378 e. The molecule has 4 heteroatoms. The van der Waals surface area contributed by atoms with Crippen LogP contribution in [-0.2, 0) is 0 Å². The Kier molecular flexibility index (Phi) is 4.20. The van der Waals surface area contributed by atoms with Crippen molar-refractivity contribution in [3.05, 3.63) is 63.6 Å². The summed E-state index contributed by atoms with van der Waals surface area (Å²) in [5.41, 5.74) is 1.49. The Bertz CT molecular complexity index is 599. The second-order valence-electron chi connectivity index (χ2n) is 4.50. The molecule has 0 saturated heterocycles. The van der Waals surface area contributed by atoms with Crippen LogP contribution in [0.25, 0.3) is 0 Å². The lowest BCUT2D eigenvalue weighted by Gasteiger charge is -2.17. The van der Waals surface area contributed by atoms with Crippen molar-refractivity contribution in [1.29, 1.82) is 0 Å². The zero-order valence-electron chi connectivity index (χ0n) is 10.7. The molecular weight excluding hydrogens is 312 g/mol. The third-order valence-electron chi connectivity index (χ3n) is 2.95. The van der Waals surface area contributed by atoms with E-state index < -0.39 is 5.82 Å². The Morgan fingerprint density at radius 2 is 1.84 bits per heavy atom. The molecule has 2 aromatic carbocycles. The van der Waals surface area contributed by atoms with Crippen LogP contribution >= 0.6 is 15.9 Å². The summed E-state index contributed by atoms with van der Waals surface area (Å²) in [6.45, 7) is 3.35. The summed E-state index contributed by atoms with van der Waals surface area (Å²) < 4.78 is 28.3. The number of aryl methyl sites for hydroxylation is 1. The average molecular weight is 326 g/mol. The number of rotatable bonds is 3. The van der Waals surface area contributed by atoms with E-state index in [-0.39, 0.29) is 11.9 Å². The molecule has 0 saturated carbocycles. The zero-order chi connectivity index (χ0) is 14.0. The molecule has 1 unspecified atom stereocenters. The topological polar surface area (TPSA) is 12.0 Å². The Labute approximate surface area is 119 Å². The van der Waals surface area contributed by atoms with Gasteiger partial charge in [0.2, 0.25) is 0 Å². The van der Waals surface area contributed by atoms with E-state index in [9.17, 15) is 8.78 Å². The first kappa shape index (κ1) is 14.0. The van der Waals surface area contributed by atoms with Crippen LogP contribution in [0.3, 0.4) is 0 Å². The maximum atomic E-state index is 13.8. The van der Waals surface area contributed by atoms with Crippen molar-refractivity contribution in [3.63, 3.8) is 0 Å². The van der Waals surface area contributed by atoms with E-state index >= 15 is 0 Å². The lowest BCUT2D eigenvalue weighted by molar-refractivity contribution is 0.571. The first-order valence-electron chi connectivity index (χ1n) is 5.95. The number of benzene rings is 2. The molecule has 0 aliphatic rings. The Hall–Kier alpha value is -1.42. The first-order chi connectivity index (χ1) is 8.97. The number of halogens is 3. The summed E-state index contributed by atoms with van der Waals surface area (Å²) in [6, 6.07) is 9.71. The van der Waals surface area contributed by atoms with Gasteiger partial charge in [-0.3, -0.25) is 0 Å². The van der Waals surface area contributed by atoms with E-state index in [0.29, 0.717) is 11.1 Å². The van der Waals surface area contributed by atoms with Gasteiger partial charge >= 0.3 is 0 Å². The van der Waals surface area contributed by atoms with Crippen molar-refractivity contribution in [2.75, 3.05) is 5.32 Å². The van der Waals surface area contributed by atoms with Gasteiger partial charge in [0.1, 0.15) is 11.6 Å². The van der Waals surface area contributed by atoms with Gasteiger partial charge in [0.15, 0.2) is 0 Å².